The Morgan fingerprint density at radius 3 is 1.50 bits per heavy atom. The highest BCUT2D eigenvalue weighted by molar-refractivity contribution is 5.84. The van der Waals surface area contributed by atoms with E-state index in [1.54, 1.807) is 0 Å². The number of carboxylic acids is 2. The first-order valence-corrected chi connectivity index (χ1v) is 17.1. The van der Waals surface area contributed by atoms with Crippen molar-refractivity contribution < 1.29 is 53.2 Å². The first-order valence-electron chi connectivity index (χ1n) is 17.1. The summed E-state index contributed by atoms with van der Waals surface area (Å²) in [7, 11) is 0. The van der Waals surface area contributed by atoms with Gasteiger partial charge in [-0.3, -0.25) is 24.0 Å². The van der Waals surface area contributed by atoms with Crippen LogP contribution in [0.15, 0.2) is 0 Å². The van der Waals surface area contributed by atoms with Crippen molar-refractivity contribution in [1.29, 1.82) is 0 Å². The number of hydrogen-bond donors (Lipinski definition) is 7. The van der Waals surface area contributed by atoms with Gasteiger partial charge in [0.05, 0.1) is 39.6 Å². The van der Waals surface area contributed by atoms with Crippen LogP contribution < -0.4 is 27.0 Å². The predicted molar refractivity (Wildman–Crippen MR) is 177 cm³/mol. The number of carboxylic acid groups (broad SMARTS) is 2. The van der Waals surface area contributed by atoms with Crippen molar-refractivity contribution in [2.45, 2.75) is 102 Å². The molecule has 0 aliphatic rings. The maximum Gasteiger partial charge on any atom is 0.326 e. The number of nitrogens with one attached hydrogen (secondary N) is 4. The molecule has 0 aromatic heterocycles. The average molecular weight is 690 g/mol. The van der Waals surface area contributed by atoms with Gasteiger partial charge in [-0.15, -0.1) is 0 Å². The molecule has 16 nitrogen and oxygen atoms in total. The Labute approximate surface area is 283 Å². The zero-order chi connectivity index (χ0) is 35.7. The van der Waals surface area contributed by atoms with Crippen LogP contribution in [0.25, 0.3) is 0 Å². The van der Waals surface area contributed by atoms with Gasteiger partial charge in [-0.25, -0.2) is 4.79 Å². The van der Waals surface area contributed by atoms with Gasteiger partial charge in [-0.2, -0.15) is 0 Å². The molecule has 0 aliphatic carbocycles. The van der Waals surface area contributed by atoms with Crippen molar-refractivity contribution in [2.75, 3.05) is 65.8 Å². The van der Waals surface area contributed by atoms with Gasteiger partial charge in [0, 0.05) is 38.9 Å². The van der Waals surface area contributed by atoms with E-state index in [9.17, 15) is 33.9 Å². The second-order valence-electron chi connectivity index (χ2n) is 11.3. The molecular weight excluding hydrogens is 630 g/mol. The van der Waals surface area contributed by atoms with Gasteiger partial charge >= 0.3 is 11.9 Å². The zero-order valence-corrected chi connectivity index (χ0v) is 28.4. The summed E-state index contributed by atoms with van der Waals surface area (Å²) in [4.78, 5) is 69.0. The minimum Gasteiger partial charge on any atom is -0.481 e. The Balaban J connectivity index is 3.70. The lowest BCUT2D eigenvalue weighted by molar-refractivity contribution is -0.142. The largest absolute Gasteiger partial charge is 0.481 e. The van der Waals surface area contributed by atoms with E-state index in [0.29, 0.717) is 26.1 Å². The molecule has 0 heterocycles. The van der Waals surface area contributed by atoms with E-state index in [2.05, 4.69) is 21.3 Å². The molecule has 0 aliphatic heterocycles. The number of unbranched alkanes of at least 4 members (excludes halogenated alkanes) is 10. The highest BCUT2D eigenvalue weighted by Gasteiger charge is 2.20. The maximum absolute atomic E-state index is 12.2. The fraction of sp³-hybridized carbons (Fsp3) is 0.812. The maximum atomic E-state index is 12.2. The molecule has 0 radical (unpaired) electrons. The Bertz CT molecular complexity index is 908. The topological polar surface area (TPSA) is 245 Å². The third-order valence-corrected chi connectivity index (χ3v) is 7.08. The summed E-state index contributed by atoms with van der Waals surface area (Å²) in [6.07, 6.45) is 11.4. The minimum absolute atomic E-state index is 0.0254. The fourth-order valence-electron chi connectivity index (χ4n) is 4.44. The summed E-state index contributed by atoms with van der Waals surface area (Å²) in [5, 5.41) is 28.4. The number of carbonyl (C=O) groups is 6. The standard InChI is InChI=1S/C32H59N5O11/c33-24-29(40)35-17-19-46-20-18-36-30(41)25-48-23-22-47-21-16-34-27(38)15-14-26(32(44)45)37-28(39)12-10-8-6-4-2-1-3-5-7-9-11-13-31(42)43/h26H,1-25,33H2,(H,34,38)(H,35,40)(H,36,41)(H,37,39)(H,42,43)(H,44,45)/t26-/m0/s1. The Hall–Kier alpha value is -3.34. The van der Waals surface area contributed by atoms with Crippen molar-refractivity contribution in [3.8, 4) is 0 Å². The SMILES string of the molecule is NCC(=O)NCCOCCNC(=O)COCCOCCNC(=O)CC[C@H](NC(=O)CCCCCCCCCCCCCC(=O)O)C(=O)O. The smallest absolute Gasteiger partial charge is 0.326 e. The van der Waals surface area contributed by atoms with Crippen LogP contribution in [0.5, 0.6) is 0 Å². The molecule has 0 saturated heterocycles. The van der Waals surface area contributed by atoms with Gasteiger partial charge in [0.15, 0.2) is 0 Å². The molecule has 0 aromatic rings. The van der Waals surface area contributed by atoms with Crippen LogP contribution in [0.1, 0.15) is 96.3 Å². The molecule has 8 N–H and O–H groups in total. The second-order valence-corrected chi connectivity index (χ2v) is 11.3. The molecule has 0 spiro atoms. The van der Waals surface area contributed by atoms with Crippen LogP contribution in [0.3, 0.4) is 0 Å². The summed E-state index contributed by atoms with van der Waals surface area (Å²) >= 11 is 0. The third-order valence-electron chi connectivity index (χ3n) is 7.08. The lowest BCUT2D eigenvalue weighted by atomic mass is 10.0. The lowest BCUT2D eigenvalue weighted by Crippen LogP contribution is -2.41. The zero-order valence-electron chi connectivity index (χ0n) is 28.4. The number of aliphatic carboxylic acids is 2. The van der Waals surface area contributed by atoms with Crippen LogP contribution in [0.4, 0.5) is 0 Å². The average Bonchev–Trinajstić information content (AvgIpc) is 3.05. The number of ether oxygens (including phenoxy) is 3. The number of rotatable bonds is 34. The molecule has 0 fully saturated rings. The van der Waals surface area contributed by atoms with E-state index in [0.717, 1.165) is 64.2 Å². The summed E-state index contributed by atoms with van der Waals surface area (Å²) in [5.74, 6) is -3.18. The molecule has 16 heteroatoms. The van der Waals surface area contributed by atoms with Gasteiger partial charge in [-0.05, 0) is 19.3 Å². The van der Waals surface area contributed by atoms with Crippen LogP contribution in [0.2, 0.25) is 0 Å². The van der Waals surface area contributed by atoms with Crippen molar-refractivity contribution in [3.63, 3.8) is 0 Å². The van der Waals surface area contributed by atoms with E-state index < -0.39 is 18.0 Å². The van der Waals surface area contributed by atoms with Crippen LogP contribution >= 0.6 is 0 Å². The molecule has 48 heavy (non-hydrogen) atoms. The van der Waals surface area contributed by atoms with E-state index >= 15 is 0 Å². The highest BCUT2D eigenvalue weighted by atomic mass is 16.5. The van der Waals surface area contributed by atoms with Crippen LogP contribution in [-0.4, -0.2) is 118 Å². The molecule has 0 unspecified atom stereocenters. The fourth-order valence-corrected chi connectivity index (χ4v) is 4.44. The lowest BCUT2D eigenvalue weighted by Gasteiger charge is -2.14. The molecule has 1 atom stereocenters. The molecule has 0 bridgehead atoms. The normalized spacial score (nSPS) is 11.4. The molecular formula is C32H59N5O11. The molecule has 278 valence electrons. The molecule has 0 rings (SSSR count). The van der Waals surface area contributed by atoms with Gasteiger partial charge in [-0.1, -0.05) is 57.8 Å². The number of carbonyl (C=O) groups excluding carboxylic acids is 4. The Morgan fingerprint density at radius 1 is 0.521 bits per heavy atom. The summed E-state index contributed by atoms with van der Waals surface area (Å²) in [6, 6.07) is -1.14. The quantitative estimate of drug-likeness (QED) is 0.0465. The molecule has 0 saturated carbocycles. The van der Waals surface area contributed by atoms with Gasteiger partial charge in [0.1, 0.15) is 12.6 Å². The highest BCUT2D eigenvalue weighted by Crippen LogP contribution is 2.12. The predicted octanol–water partition coefficient (Wildman–Crippen LogP) is 0.849. The first-order chi connectivity index (χ1) is 23.1. The third kappa shape index (κ3) is 31.3. The molecule has 0 aromatic carbocycles. The van der Waals surface area contributed by atoms with Gasteiger partial charge < -0.3 is 51.4 Å². The summed E-state index contributed by atoms with van der Waals surface area (Å²) in [6.45, 7) is 1.83. The number of amides is 4. The van der Waals surface area contributed by atoms with E-state index in [1.807, 2.05) is 0 Å². The van der Waals surface area contributed by atoms with Crippen molar-refractivity contribution >= 4 is 35.6 Å². The van der Waals surface area contributed by atoms with Gasteiger partial charge in [0.2, 0.25) is 23.6 Å². The Morgan fingerprint density at radius 2 is 0.979 bits per heavy atom. The summed E-state index contributed by atoms with van der Waals surface area (Å²) in [5.41, 5.74) is 5.16. The number of nitrogens with two attached hydrogens (primary N) is 1. The molecule has 4 amide bonds. The minimum atomic E-state index is -1.19. The van der Waals surface area contributed by atoms with Crippen molar-refractivity contribution in [3.05, 3.63) is 0 Å². The van der Waals surface area contributed by atoms with E-state index in [4.69, 9.17) is 25.1 Å². The number of hydrogen-bond acceptors (Lipinski definition) is 10. The second kappa shape index (κ2) is 32.2. The summed E-state index contributed by atoms with van der Waals surface area (Å²) < 4.78 is 15.8. The van der Waals surface area contributed by atoms with Crippen molar-refractivity contribution in [1.82, 2.24) is 21.3 Å². The first kappa shape index (κ1) is 44.7. The van der Waals surface area contributed by atoms with E-state index in [1.165, 1.54) is 0 Å². The van der Waals surface area contributed by atoms with Crippen molar-refractivity contribution in [2.24, 2.45) is 5.73 Å². The van der Waals surface area contributed by atoms with Crippen LogP contribution in [0, 0.1) is 0 Å². The monoisotopic (exact) mass is 689 g/mol. The Kier molecular flexibility index (Phi) is 30.0. The van der Waals surface area contributed by atoms with Crippen LogP contribution in [-0.2, 0) is 43.0 Å². The van der Waals surface area contributed by atoms with Gasteiger partial charge in [0.25, 0.3) is 0 Å². The van der Waals surface area contributed by atoms with E-state index in [-0.39, 0.29) is 95.4 Å².